The maximum Gasteiger partial charge on any atom is 0.338 e. The first-order chi connectivity index (χ1) is 12.0. The van der Waals surface area contributed by atoms with E-state index < -0.39 is 5.97 Å². The maximum absolute atomic E-state index is 11.7. The van der Waals surface area contributed by atoms with Gasteiger partial charge in [-0.25, -0.2) is 4.79 Å². The largest absolute Gasteiger partial charge is 0.466 e. The summed E-state index contributed by atoms with van der Waals surface area (Å²) in [6.07, 6.45) is 0.745. The van der Waals surface area contributed by atoms with Crippen LogP contribution in [0.15, 0.2) is 24.3 Å². The fourth-order valence-corrected chi connectivity index (χ4v) is 2.00. The Hall–Kier alpha value is -2.48. The number of esters is 2. The standard InChI is InChI=1S/C17H22N2O5S/c1-3-11-24-16(22)12-5-7-13(8-6-12)18-17(25)19-14(20)9-10-15(21)23-4-2/h5-8H,3-4,9-11H2,1-2H3,(H2,18,19,20,25). The Morgan fingerprint density at radius 1 is 1.04 bits per heavy atom. The summed E-state index contributed by atoms with van der Waals surface area (Å²) in [5, 5.41) is 5.41. The molecule has 1 rings (SSSR count). The first-order valence-electron chi connectivity index (χ1n) is 7.99. The molecular formula is C17H22N2O5S. The highest BCUT2D eigenvalue weighted by Gasteiger charge is 2.10. The molecule has 0 unspecified atom stereocenters. The predicted octanol–water partition coefficient (Wildman–Crippen LogP) is 2.41. The summed E-state index contributed by atoms with van der Waals surface area (Å²) in [5.74, 6) is -1.20. The zero-order valence-electron chi connectivity index (χ0n) is 14.3. The van der Waals surface area contributed by atoms with Gasteiger partial charge in [-0.05, 0) is 49.8 Å². The molecule has 0 saturated heterocycles. The van der Waals surface area contributed by atoms with Gasteiger partial charge < -0.3 is 20.1 Å². The van der Waals surface area contributed by atoms with Crippen LogP contribution in [0.3, 0.4) is 0 Å². The zero-order chi connectivity index (χ0) is 18.7. The van der Waals surface area contributed by atoms with Crippen LogP contribution in [0.2, 0.25) is 0 Å². The monoisotopic (exact) mass is 366 g/mol. The SMILES string of the molecule is CCCOC(=O)c1ccc(NC(=S)NC(=O)CCC(=O)OCC)cc1. The molecule has 0 aliphatic rings. The van der Waals surface area contributed by atoms with Gasteiger partial charge >= 0.3 is 11.9 Å². The lowest BCUT2D eigenvalue weighted by Gasteiger charge is -2.10. The number of thiocarbonyl (C=S) groups is 1. The van der Waals surface area contributed by atoms with Crippen molar-refractivity contribution in [1.29, 1.82) is 0 Å². The van der Waals surface area contributed by atoms with E-state index in [1.807, 2.05) is 6.92 Å². The summed E-state index contributed by atoms with van der Waals surface area (Å²) < 4.78 is 9.78. The zero-order valence-corrected chi connectivity index (χ0v) is 15.1. The summed E-state index contributed by atoms with van der Waals surface area (Å²) in [4.78, 5) is 34.6. The van der Waals surface area contributed by atoms with E-state index in [1.165, 1.54) is 0 Å². The fourth-order valence-electron chi connectivity index (χ4n) is 1.77. The number of rotatable bonds is 8. The Morgan fingerprint density at radius 3 is 2.32 bits per heavy atom. The summed E-state index contributed by atoms with van der Waals surface area (Å²) in [6, 6.07) is 6.51. The first kappa shape index (κ1) is 20.6. The summed E-state index contributed by atoms with van der Waals surface area (Å²) in [5.41, 5.74) is 1.05. The number of anilines is 1. The number of nitrogens with one attached hydrogen (secondary N) is 2. The van der Waals surface area contributed by atoms with Crippen LogP contribution in [-0.4, -0.2) is 36.2 Å². The van der Waals surface area contributed by atoms with E-state index in [0.29, 0.717) is 17.9 Å². The molecule has 0 aromatic heterocycles. The second-order valence-electron chi connectivity index (χ2n) is 5.02. The van der Waals surface area contributed by atoms with E-state index in [9.17, 15) is 14.4 Å². The second kappa shape index (κ2) is 11.1. The van der Waals surface area contributed by atoms with E-state index >= 15 is 0 Å². The highest BCUT2D eigenvalue weighted by molar-refractivity contribution is 7.80. The van der Waals surface area contributed by atoms with Crippen molar-refractivity contribution in [3.05, 3.63) is 29.8 Å². The molecule has 1 amide bonds. The molecule has 0 aliphatic carbocycles. The maximum atomic E-state index is 11.7. The number of carbonyl (C=O) groups is 3. The third-order valence-corrected chi connectivity index (χ3v) is 3.13. The van der Waals surface area contributed by atoms with Gasteiger partial charge in [-0.2, -0.15) is 0 Å². The second-order valence-corrected chi connectivity index (χ2v) is 5.43. The van der Waals surface area contributed by atoms with Crippen LogP contribution in [0.1, 0.15) is 43.5 Å². The number of ether oxygens (including phenoxy) is 2. The smallest absolute Gasteiger partial charge is 0.338 e. The highest BCUT2D eigenvalue weighted by Crippen LogP contribution is 2.10. The van der Waals surface area contributed by atoms with Crippen molar-refractivity contribution in [2.24, 2.45) is 0 Å². The van der Waals surface area contributed by atoms with E-state index in [2.05, 4.69) is 10.6 Å². The minimum atomic E-state index is -0.429. The molecule has 8 heteroatoms. The molecule has 1 aromatic rings. The quantitative estimate of drug-likeness (QED) is 0.539. The summed E-state index contributed by atoms with van der Waals surface area (Å²) in [6.45, 7) is 4.28. The Kier molecular flexibility index (Phi) is 9.16. The van der Waals surface area contributed by atoms with E-state index in [-0.39, 0.29) is 36.4 Å². The number of hydrogen-bond acceptors (Lipinski definition) is 6. The van der Waals surface area contributed by atoms with E-state index in [0.717, 1.165) is 6.42 Å². The van der Waals surface area contributed by atoms with Gasteiger partial charge in [0.2, 0.25) is 5.91 Å². The van der Waals surface area contributed by atoms with Crippen molar-refractivity contribution >= 4 is 40.9 Å². The van der Waals surface area contributed by atoms with Crippen molar-refractivity contribution in [3.63, 3.8) is 0 Å². The molecule has 136 valence electrons. The first-order valence-corrected chi connectivity index (χ1v) is 8.40. The lowest BCUT2D eigenvalue weighted by atomic mass is 10.2. The lowest BCUT2D eigenvalue weighted by molar-refractivity contribution is -0.144. The van der Waals surface area contributed by atoms with Crippen LogP contribution in [0.4, 0.5) is 5.69 Å². The summed E-state index contributed by atoms with van der Waals surface area (Å²) in [7, 11) is 0. The molecule has 0 fully saturated rings. The van der Waals surface area contributed by atoms with Crippen molar-refractivity contribution < 1.29 is 23.9 Å². The molecule has 0 atom stereocenters. The van der Waals surface area contributed by atoms with Crippen molar-refractivity contribution in [1.82, 2.24) is 5.32 Å². The third kappa shape index (κ3) is 8.25. The number of amides is 1. The van der Waals surface area contributed by atoms with Crippen LogP contribution in [-0.2, 0) is 19.1 Å². The number of benzene rings is 1. The van der Waals surface area contributed by atoms with Crippen molar-refractivity contribution in [2.45, 2.75) is 33.1 Å². The third-order valence-electron chi connectivity index (χ3n) is 2.93. The van der Waals surface area contributed by atoms with Gasteiger partial charge in [0.25, 0.3) is 0 Å². The minimum absolute atomic E-state index is 0.00312. The van der Waals surface area contributed by atoms with Gasteiger partial charge in [0.1, 0.15) is 0 Å². The van der Waals surface area contributed by atoms with Gasteiger partial charge in [-0.3, -0.25) is 9.59 Å². The van der Waals surface area contributed by atoms with Crippen LogP contribution in [0.25, 0.3) is 0 Å². The normalized spacial score (nSPS) is 9.84. The molecule has 0 heterocycles. The van der Waals surface area contributed by atoms with Gasteiger partial charge in [0.15, 0.2) is 5.11 Å². The van der Waals surface area contributed by atoms with Gasteiger partial charge in [-0.15, -0.1) is 0 Å². The fraction of sp³-hybridized carbons (Fsp3) is 0.412. The average Bonchev–Trinajstić information content (AvgIpc) is 2.58. The van der Waals surface area contributed by atoms with E-state index in [4.69, 9.17) is 21.7 Å². The summed E-state index contributed by atoms with van der Waals surface area (Å²) >= 11 is 5.03. The lowest BCUT2D eigenvalue weighted by Crippen LogP contribution is -2.34. The number of carbonyl (C=O) groups excluding carboxylic acids is 3. The Labute approximate surface area is 152 Å². The highest BCUT2D eigenvalue weighted by atomic mass is 32.1. The van der Waals surface area contributed by atoms with Crippen LogP contribution in [0, 0.1) is 0 Å². The van der Waals surface area contributed by atoms with Crippen LogP contribution < -0.4 is 10.6 Å². The van der Waals surface area contributed by atoms with Gasteiger partial charge in [0, 0.05) is 12.1 Å². The molecule has 0 bridgehead atoms. The molecular weight excluding hydrogens is 344 g/mol. The van der Waals surface area contributed by atoms with Crippen LogP contribution >= 0.6 is 12.2 Å². The van der Waals surface area contributed by atoms with Crippen molar-refractivity contribution in [2.75, 3.05) is 18.5 Å². The Morgan fingerprint density at radius 2 is 1.72 bits per heavy atom. The molecule has 0 spiro atoms. The van der Waals surface area contributed by atoms with E-state index in [1.54, 1.807) is 31.2 Å². The average molecular weight is 366 g/mol. The van der Waals surface area contributed by atoms with Gasteiger partial charge in [-0.1, -0.05) is 6.92 Å². The molecule has 2 N–H and O–H groups in total. The minimum Gasteiger partial charge on any atom is -0.466 e. The van der Waals surface area contributed by atoms with Crippen molar-refractivity contribution in [3.8, 4) is 0 Å². The molecule has 0 aliphatic heterocycles. The van der Waals surface area contributed by atoms with Gasteiger partial charge in [0.05, 0.1) is 25.2 Å². The molecule has 1 aromatic carbocycles. The van der Waals surface area contributed by atoms with Crippen LogP contribution in [0.5, 0.6) is 0 Å². The Bertz CT molecular complexity index is 616. The Balaban J connectivity index is 2.42. The molecule has 0 radical (unpaired) electrons. The molecule has 0 saturated carbocycles. The molecule has 25 heavy (non-hydrogen) atoms. The predicted molar refractivity (Wildman–Crippen MR) is 97.2 cm³/mol. The number of hydrogen-bond donors (Lipinski definition) is 2. The topological polar surface area (TPSA) is 93.7 Å². The molecule has 7 nitrogen and oxygen atoms in total.